The van der Waals surface area contributed by atoms with Crippen molar-refractivity contribution >= 4 is 18.3 Å². The van der Waals surface area contributed by atoms with Crippen LogP contribution in [0.3, 0.4) is 0 Å². The molecule has 0 saturated heterocycles. The molecule has 140 valence electrons. The summed E-state index contributed by atoms with van der Waals surface area (Å²) in [6.07, 6.45) is 5.57. The first kappa shape index (κ1) is 19.9. The molecule has 2 aliphatic rings. The molecule has 3 atom stereocenters. The number of nitrogens with one attached hydrogen (secondary N) is 1. The van der Waals surface area contributed by atoms with Gasteiger partial charge in [-0.1, -0.05) is 12.5 Å². The lowest BCUT2D eigenvalue weighted by atomic mass is 9.86. The summed E-state index contributed by atoms with van der Waals surface area (Å²) < 4.78 is 29.2. The van der Waals surface area contributed by atoms with Crippen molar-refractivity contribution in [3.63, 3.8) is 0 Å². The van der Waals surface area contributed by atoms with E-state index in [2.05, 4.69) is 10.1 Å². The minimum atomic E-state index is -2.82. The smallest absolute Gasteiger partial charge is 0.387 e. The van der Waals surface area contributed by atoms with Crippen molar-refractivity contribution in [1.82, 2.24) is 5.32 Å². The summed E-state index contributed by atoms with van der Waals surface area (Å²) in [7, 11) is 0. The van der Waals surface area contributed by atoms with E-state index in [4.69, 9.17) is 5.73 Å². The quantitative estimate of drug-likeness (QED) is 0.828. The Bertz CT molecular complexity index is 600. The Morgan fingerprint density at radius 3 is 2.80 bits per heavy atom. The van der Waals surface area contributed by atoms with Crippen molar-refractivity contribution < 1.29 is 18.3 Å². The van der Waals surface area contributed by atoms with Gasteiger partial charge >= 0.3 is 6.61 Å². The van der Waals surface area contributed by atoms with E-state index in [1.165, 1.54) is 0 Å². The Morgan fingerprint density at radius 2 is 2.08 bits per heavy atom. The molecule has 4 nitrogen and oxygen atoms in total. The number of aryl methyl sites for hydroxylation is 1. The number of hydrogen-bond donors (Lipinski definition) is 2. The van der Waals surface area contributed by atoms with E-state index < -0.39 is 6.61 Å². The lowest BCUT2D eigenvalue weighted by Crippen LogP contribution is -2.38. The number of rotatable bonds is 5. The second-order valence-electron chi connectivity index (χ2n) is 6.73. The van der Waals surface area contributed by atoms with Crippen molar-refractivity contribution in [2.24, 2.45) is 17.6 Å². The Labute approximate surface area is 152 Å². The molecule has 1 saturated carbocycles. The van der Waals surface area contributed by atoms with E-state index in [9.17, 15) is 13.6 Å². The normalized spacial score (nSPS) is 25.2. The molecule has 1 fully saturated rings. The summed E-state index contributed by atoms with van der Waals surface area (Å²) in [6, 6.07) is 4.96. The maximum Gasteiger partial charge on any atom is 0.387 e. The number of benzene rings is 1. The van der Waals surface area contributed by atoms with Gasteiger partial charge in [0.15, 0.2) is 0 Å². The van der Waals surface area contributed by atoms with E-state index in [0.29, 0.717) is 6.54 Å². The van der Waals surface area contributed by atoms with Crippen molar-refractivity contribution in [3.05, 3.63) is 29.3 Å². The van der Waals surface area contributed by atoms with E-state index in [-0.39, 0.29) is 41.9 Å². The molecule has 0 bridgehead atoms. The number of carbonyl (C=O) groups excluding carboxylic acids is 1. The molecule has 1 aromatic carbocycles. The van der Waals surface area contributed by atoms with Crippen molar-refractivity contribution in [2.75, 3.05) is 6.54 Å². The third kappa shape index (κ3) is 4.61. The van der Waals surface area contributed by atoms with Crippen molar-refractivity contribution in [1.29, 1.82) is 0 Å². The summed E-state index contributed by atoms with van der Waals surface area (Å²) in [5.74, 6) is 0.528. The summed E-state index contributed by atoms with van der Waals surface area (Å²) >= 11 is 0. The molecule has 0 spiro atoms. The van der Waals surface area contributed by atoms with Crippen molar-refractivity contribution in [2.45, 2.75) is 51.2 Å². The highest BCUT2D eigenvalue weighted by Gasteiger charge is 2.33. The number of nitrogens with two attached hydrogens (primary N) is 1. The average molecular weight is 375 g/mol. The number of amides is 1. The summed E-state index contributed by atoms with van der Waals surface area (Å²) in [5, 5.41) is 3.16. The highest BCUT2D eigenvalue weighted by atomic mass is 35.5. The molecule has 0 aromatic heterocycles. The van der Waals surface area contributed by atoms with Gasteiger partial charge in [-0.05, 0) is 67.8 Å². The first-order valence-electron chi connectivity index (χ1n) is 8.66. The van der Waals surface area contributed by atoms with Crippen molar-refractivity contribution in [3.8, 4) is 5.75 Å². The number of ether oxygens (including phenoxy) is 1. The molecule has 3 N–H and O–H groups in total. The fraction of sp³-hybridized carbons (Fsp3) is 0.611. The van der Waals surface area contributed by atoms with Crippen LogP contribution in [0, 0.1) is 11.8 Å². The number of halogens is 3. The fourth-order valence-corrected chi connectivity index (χ4v) is 4.06. The van der Waals surface area contributed by atoms with Crippen LogP contribution in [-0.4, -0.2) is 19.1 Å². The van der Waals surface area contributed by atoms with Gasteiger partial charge in [-0.2, -0.15) is 8.78 Å². The molecule has 1 aromatic rings. The molecular formula is C18H25ClF2N2O2. The van der Waals surface area contributed by atoms with Crippen LogP contribution in [0.1, 0.15) is 49.3 Å². The fourth-order valence-electron chi connectivity index (χ4n) is 4.06. The van der Waals surface area contributed by atoms with Gasteiger partial charge in [0.2, 0.25) is 5.91 Å². The zero-order chi connectivity index (χ0) is 17.1. The summed E-state index contributed by atoms with van der Waals surface area (Å²) in [6.45, 7) is -2.27. The second-order valence-corrected chi connectivity index (χ2v) is 6.73. The van der Waals surface area contributed by atoms with E-state index >= 15 is 0 Å². The zero-order valence-corrected chi connectivity index (χ0v) is 14.9. The third-order valence-corrected chi connectivity index (χ3v) is 5.27. The number of carbonyl (C=O) groups is 1. The summed E-state index contributed by atoms with van der Waals surface area (Å²) in [5.41, 5.74) is 7.76. The predicted octanol–water partition coefficient (Wildman–Crippen LogP) is 3.58. The average Bonchev–Trinajstić information content (AvgIpc) is 3.03. The molecular weight excluding hydrogens is 350 g/mol. The van der Waals surface area contributed by atoms with Crippen LogP contribution in [0.15, 0.2) is 18.2 Å². The molecule has 0 aliphatic heterocycles. The number of alkyl halides is 2. The number of fused-ring (bicyclic) bond motifs is 1. The first-order valence-corrected chi connectivity index (χ1v) is 8.66. The second kappa shape index (κ2) is 8.81. The molecule has 0 heterocycles. The topological polar surface area (TPSA) is 64.4 Å². The van der Waals surface area contributed by atoms with Crippen LogP contribution in [-0.2, 0) is 11.2 Å². The van der Waals surface area contributed by atoms with Gasteiger partial charge in [-0.3, -0.25) is 4.79 Å². The van der Waals surface area contributed by atoms with Crippen LogP contribution in [0.25, 0.3) is 0 Å². The Hall–Kier alpha value is -1.40. The SMILES string of the molecule is Cl.NC[C@H]1CCC[C@H]1C(=O)NC1CCCc2cc(OC(F)F)ccc21. The van der Waals surface area contributed by atoms with Crippen LogP contribution < -0.4 is 15.8 Å². The Balaban J connectivity index is 0.00000225. The predicted molar refractivity (Wildman–Crippen MR) is 94.0 cm³/mol. The van der Waals surface area contributed by atoms with E-state index in [0.717, 1.165) is 49.7 Å². The number of hydrogen-bond acceptors (Lipinski definition) is 3. The van der Waals surface area contributed by atoms with Gasteiger partial charge in [0.1, 0.15) is 5.75 Å². The summed E-state index contributed by atoms with van der Waals surface area (Å²) in [4.78, 5) is 12.6. The van der Waals surface area contributed by atoms with Gasteiger partial charge in [-0.25, -0.2) is 0 Å². The van der Waals surface area contributed by atoms with Crippen LogP contribution in [0.5, 0.6) is 5.75 Å². The minimum absolute atomic E-state index is 0. The van der Waals surface area contributed by atoms with Crippen LogP contribution >= 0.6 is 12.4 Å². The molecule has 0 radical (unpaired) electrons. The molecule has 7 heteroatoms. The maximum absolute atomic E-state index is 12.6. The van der Waals surface area contributed by atoms with Crippen LogP contribution in [0.2, 0.25) is 0 Å². The highest BCUT2D eigenvalue weighted by Crippen LogP contribution is 2.35. The maximum atomic E-state index is 12.6. The van der Waals surface area contributed by atoms with Gasteiger partial charge in [-0.15, -0.1) is 12.4 Å². The molecule has 2 aliphatic carbocycles. The third-order valence-electron chi connectivity index (χ3n) is 5.27. The molecule has 3 rings (SSSR count). The first-order chi connectivity index (χ1) is 11.6. The lowest BCUT2D eigenvalue weighted by molar-refractivity contribution is -0.126. The molecule has 1 unspecified atom stereocenters. The van der Waals surface area contributed by atoms with Gasteiger partial charge in [0.05, 0.1) is 6.04 Å². The largest absolute Gasteiger partial charge is 0.435 e. The van der Waals surface area contributed by atoms with E-state index in [1.807, 2.05) is 0 Å². The van der Waals surface area contributed by atoms with Gasteiger partial charge in [0.25, 0.3) is 0 Å². The van der Waals surface area contributed by atoms with E-state index in [1.54, 1.807) is 18.2 Å². The van der Waals surface area contributed by atoms with Gasteiger partial charge < -0.3 is 15.8 Å². The van der Waals surface area contributed by atoms with Gasteiger partial charge in [0, 0.05) is 5.92 Å². The Kier molecular flexibility index (Phi) is 7.02. The highest BCUT2D eigenvalue weighted by molar-refractivity contribution is 5.85. The van der Waals surface area contributed by atoms with Crippen LogP contribution in [0.4, 0.5) is 8.78 Å². The Morgan fingerprint density at radius 1 is 1.28 bits per heavy atom. The zero-order valence-electron chi connectivity index (χ0n) is 14.0. The molecule has 25 heavy (non-hydrogen) atoms. The standard InChI is InChI=1S/C18H24F2N2O2.ClH/c19-18(20)24-13-7-8-14-11(9-13)3-2-6-16(14)22-17(23)15-5-1-4-12(15)10-21;/h7-9,12,15-16,18H,1-6,10,21H2,(H,22,23);1H/t12-,15-,16?;/m1./s1. The minimum Gasteiger partial charge on any atom is -0.435 e. The lowest BCUT2D eigenvalue weighted by Gasteiger charge is -2.29. The monoisotopic (exact) mass is 374 g/mol. The molecule has 1 amide bonds.